The van der Waals surface area contributed by atoms with Gasteiger partial charge in [0.15, 0.2) is 16.9 Å². The Morgan fingerprint density at radius 2 is 1.85 bits per heavy atom. The lowest BCUT2D eigenvalue weighted by Crippen LogP contribution is -2.49. The summed E-state index contributed by atoms with van der Waals surface area (Å²) in [7, 11) is 4.85. The third-order valence-corrected chi connectivity index (χ3v) is 5.48. The molecule has 0 N–H and O–H groups in total. The predicted octanol–water partition coefficient (Wildman–Crippen LogP) is 2.70. The summed E-state index contributed by atoms with van der Waals surface area (Å²) in [6, 6.07) is 9.44. The van der Waals surface area contributed by atoms with Gasteiger partial charge in [0.05, 0.1) is 20.8 Å². The van der Waals surface area contributed by atoms with E-state index in [0.717, 1.165) is 27.9 Å². The van der Waals surface area contributed by atoms with Crippen LogP contribution in [0.15, 0.2) is 30.3 Å². The molecule has 6 nitrogen and oxygen atoms in total. The Bertz CT molecular complexity index is 967. The van der Waals surface area contributed by atoms with E-state index in [2.05, 4.69) is 0 Å². The van der Waals surface area contributed by atoms with Crippen LogP contribution in [0.5, 0.6) is 11.5 Å². The van der Waals surface area contributed by atoms with Gasteiger partial charge >= 0.3 is 5.97 Å². The largest absolute Gasteiger partial charge is 0.493 e. The van der Waals surface area contributed by atoms with Crippen molar-refractivity contribution in [1.82, 2.24) is 0 Å². The highest BCUT2D eigenvalue weighted by molar-refractivity contribution is 6.22. The number of ether oxygens (including phenoxy) is 3. The van der Waals surface area contributed by atoms with Crippen molar-refractivity contribution >= 4 is 17.6 Å². The van der Waals surface area contributed by atoms with Crippen LogP contribution in [0.4, 0.5) is 5.69 Å². The number of hydrogen-bond donors (Lipinski definition) is 0. The number of fused-ring (bicyclic) bond motifs is 2. The van der Waals surface area contributed by atoms with E-state index >= 15 is 0 Å². The maximum atomic E-state index is 13.3. The number of amides is 1. The average Bonchev–Trinajstić information content (AvgIpc) is 2.91. The van der Waals surface area contributed by atoms with Gasteiger partial charge in [-0.3, -0.25) is 9.59 Å². The number of carbonyl (C=O) groups excluding carboxylic acids is 2. The summed E-state index contributed by atoms with van der Waals surface area (Å²) in [6.45, 7) is 1.96. The van der Waals surface area contributed by atoms with Gasteiger partial charge < -0.3 is 19.1 Å². The molecule has 1 atom stereocenters. The first-order chi connectivity index (χ1) is 13.0. The fourth-order valence-electron chi connectivity index (χ4n) is 4.28. The zero-order valence-electron chi connectivity index (χ0n) is 15.8. The third-order valence-electron chi connectivity index (χ3n) is 5.48. The standard InChI is InChI=1S/C21H21NO5/c1-5-27-20(24)21-11-12-9-16(25-3)17(26-4)10-14(12)13-7-6-8-15(18(13)21)22(2)19(21)23/h6-10H,5,11H2,1-4H3/t21-/m0/s1. The number of likely N-dealkylation sites (N-methyl/N-ethyl adjacent to an activating group) is 1. The minimum Gasteiger partial charge on any atom is -0.493 e. The lowest BCUT2D eigenvalue weighted by Gasteiger charge is -2.33. The van der Waals surface area contributed by atoms with Gasteiger partial charge in [-0.2, -0.15) is 0 Å². The molecule has 0 spiro atoms. The minimum atomic E-state index is -1.36. The molecule has 2 aromatic rings. The second-order valence-electron chi connectivity index (χ2n) is 6.73. The average molecular weight is 367 g/mol. The number of hydrogen-bond acceptors (Lipinski definition) is 5. The van der Waals surface area contributed by atoms with E-state index in [9.17, 15) is 9.59 Å². The Kier molecular flexibility index (Phi) is 3.87. The molecular formula is C21H21NO5. The smallest absolute Gasteiger partial charge is 0.326 e. The Balaban J connectivity index is 2.04. The summed E-state index contributed by atoms with van der Waals surface area (Å²) in [6.07, 6.45) is 0.231. The van der Waals surface area contributed by atoms with Crippen molar-refractivity contribution < 1.29 is 23.8 Å². The topological polar surface area (TPSA) is 65.1 Å². The summed E-state index contributed by atoms with van der Waals surface area (Å²) in [5.41, 5.74) is 2.74. The maximum absolute atomic E-state index is 13.3. The molecule has 1 amide bonds. The van der Waals surface area contributed by atoms with Crippen LogP contribution in [0.25, 0.3) is 11.1 Å². The van der Waals surface area contributed by atoms with Crippen LogP contribution < -0.4 is 14.4 Å². The van der Waals surface area contributed by atoms with Gasteiger partial charge in [0.1, 0.15) is 0 Å². The number of carbonyl (C=O) groups is 2. The summed E-state index contributed by atoms with van der Waals surface area (Å²) < 4.78 is 16.2. The molecule has 0 bridgehead atoms. The first-order valence-corrected chi connectivity index (χ1v) is 8.83. The van der Waals surface area contributed by atoms with Crippen molar-refractivity contribution in [2.75, 3.05) is 32.8 Å². The second kappa shape index (κ2) is 6.01. The molecule has 0 aromatic heterocycles. The number of methoxy groups -OCH3 is 2. The quantitative estimate of drug-likeness (QED) is 0.614. The Morgan fingerprint density at radius 3 is 2.52 bits per heavy atom. The number of anilines is 1. The van der Waals surface area contributed by atoms with Crippen LogP contribution >= 0.6 is 0 Å². The molecule has 27 heavy (non-hydrogen) atoms. The molecule has 0 radical (unpaired) electrons. The van der Waals surface area contributed by atoms with Crippen LogP contribution in [0.2, 0.25) is 0 Å². The molecule has 1 heterocycles. The molecule has 6 heteroatoms. The van der Waals surface area contributed by atoms with Crippen molar-refractivity contribution in [2.45, 2.75) is 18.8 Å². The molecule has 1 aliphatic carbocycles. The van der Waals surface area contributed by atoms with E-state index in [1.54, 1.807) is 33.1 Å². The second-order valence-corrected chi connectivity index (χ2v) is 6.73. The fraction of sp³-hybridized carbons (Fsp3) is 0.333. The minimum absolute atomic E-state index is 0.216. The Labute approximate surface area is 157 Å². The van der Waals surface area contributed by atoms with E-state index in [-0.39, 0.29) is 18.9 Å². The summed E-state index contributed by atoms with van der Waals surface area (Å²) in [4.78, 5) is 27.9. The molecule has 2 aliphatic rings. The zero-order valence-corrected chi connectivity index (χ0v) is 15.8. The highest BCUT2D eigenvalue weighted by atomic mass is 16.5. The van der Waals surface area contributed by atoms with Gasteiger partial charge in [-0.1, -0.05) is 12.1 Å². The zero-order chi connectivity index (χ0) is 19.3. The molecule has 0 saturated carbocycles. The lowest BCUT2D eigenvalue weighted by atomic mass is 9.68. The van der Waals surface area contributed by atoms with E-state index < -0.39 is 11.4 Å². The van der Waals surface area contributed by atoms with Gasteiger partial charge in [-0.25, -0.2) is 0 Å². The number of benzene rings is 2. The highest BCUT2D eigenvalue weighted by Crippen LogP contribution is 2.54. The van der Waals surface area contributed by atoms with Crippen LogP contribution in [0.3, 0.4) is 0 Å². The first-order valence-electron chi connectivity index (χ1n) is 8.83. The molecule has 0 saturated heterocycles. The third kappa shape index (κ3) is 2.13. The molecule has 0 fully saturated rings. The highest BCUT2D eigenvalue weighted by Gasteiger charge is 2.59. The molecule has 1 aliphatic heterocycles. The van der Waals surface area contributed by atoms with Crippen molar-refractivity contribution in [1.29, 1.82) is 0 Å². The SMILES string of the molecule is CCOC(=O)[C@@]12Cc3cc(OC)c(OC)cc3-c3cccc(c31)N(C)C2=O. The fourth-order valence-corrected chi connectivity index (χ4v) is 4.28. The van der Waals surface area contributed by atoms with E-state index in [1.165, 1.54) is 0 Å². The van der Waals surface area contributed by atoms with Gasteiger partial charge in [-0.15, -0.1) is 0 Å². The number of nitrogens with zero attached hydrogens (tertiary/aromatic N) is 1. The van der Waals surface area contributed by atoms with Crippen LogP contribution in [-0.4, -0.2) is 39.8 Å². The number of esters is 1. The first kappa shape index (κ1) is 17.4. The maximum Gasteiger partial charge on any atom is 0.326 e. The van der Waals surface area contributed by atoms with Gasteiger partial charge in [-0.05, 0) is 41.8 Å². The van der Waals surface area contributed by atoms with E-state index in [1.807, 2.05) is 30.3 Å². The van der Waals surface area contributed by atoms with Crippen molar-refractivity contribution in [3.63, 3.8) is 0 Å². The normalized spacial score (nSPS) is 19.4. The van der Waals surface area contributed by atoms with Crippen molar-refractivity contribution in [2.24, 2.45) is 0 Å². The van der Waals surface area contributed by atoms with Crippen LogP contribution in [0.1, 0.15) is 18.1 Å². The van der Waals surface area contributed by atoms with E-state index in [0.29, 0.717) is 11.5 Å². The predicted molar refractivity (Wildman–Crippen MR) is 100 cm³/mol. The van der Waals surface area contributed by atoms with Crippen molar-refractivity contribution in [3.05, 3.63) is 41.5 Å². The lowest BCUT2D eigenvalue weighted by molar-refractivity contribution is -0.153. The van der Waals surface area contributed by atoms with Crippen molar-refractivity contribution in [3.8, 4) is 22.6 Å². The summed E-state index contributed by atoms with van der Waals surface area (Å²) in [5, 5.41) is 0. The van der Waals surface area contributed by atoms with Gasteiger partial charge in [0, 0.05) is 24.7 Å². The molecular weight excluding hydrogens is 346 g/mol. The molecule has 0 unspecified atom stereocenters. The van der Waals surface area contributed by atoms with Crippen LogP contribution in [-0.2, 0) is 26.2 Å². The van der Waals surface area contributed by atoms with E-state index in [4.69, 9.17) is 14.2 Å². The molecule has 2 aromatic carbocycles. The van der Waals surface area contributed by atoms with Gasteiger partial charge in [0.2, 0.25) is 5.91 Å². The Hall–Kier alpha value is -3.02. The summed E-state index contributed by atoms with van der Waals surface area (Å²) >= 11 is 0. The number of rotatable bonds is 4. The molecule has 4 rings (SSSR count). The van der Waals surface area contributed by atoms with Crippen LogP contribution in [0, 0.1) is 0 Å². The summed E-state index contributed by atoms with van der Waals surface area (Å²) in [5.74, 6) is 0.404. The Morgan fingerprint density at radius 1 is 1.15 bits per heavy atom. The monoisotopic (exact) mass is 367 g/mol. The van der Waals surface area contributed by atoms with Gasteiger partial charge in [0.25, 0.3) is 0 Å². The molecule has 140 valence electrons.